The molecule has 0 aromatic carbocycles. The summed E-state index contributed by atoms with van der Waals surface area (Å²) in [5, 5.41) is 9.38. The number of aryl methyl sites for hydroxylation is 1. The number of fused-ring (bicyclic) bond motifs is 2. The van der Waals surface area contributed by atoms with Crippen LogP contribution in [0, 0.1) is 6.92 Å². The SMILES string of the molecule is COc1cc(-c2[nH]c3cnc(C4CCC(NCC(C)(C)OC)CC4)c(C)c3c2C(C)C)cn2ncnc12. The van der Waals surface area contributed by atoms with Gasteiger partial charge in [-0.25, -0.2) is 9.50 Å². The molecule has 5 rings (SSSR count). The maximum Gasteiger partial charge on any atom is 0.197 e. The quantitative estimate of drug-likeness (QED) is 0.317. The highest BCUT2D eigenvalue weighted by Crippen LogP contribution is 2.41. The van der Waals surface area contributed by atoms with E-state index in [2.05, 4.69) is 55.0 Å². The Kier molecular flexibility index (Phi) is 6.98. The van der Waals surface area contributed by atoms with Gasteiger partial charge in [0, 0.05) is 48.5 Å². The summed E-state index contributed by atoms with van der Waals surface area (Å²) in [6, 6.07) is 2.59. The van der Waals surface area contributed by atoms with E-state index in [1.165, 1.54) is 22.2 Å². The minimum atomic E-state index is -0.137. The van der Waals surface area contributed by atoms with Gasteiger partial charge in [0.15, 0.2) is 11.4 Å². The Balaban J connectivity index is 1.47. The summed E-state index contributed by atoms with van der Waals surface area (Å²) in [5.41, 5.74) is 7.64. The Bertz CT molecular complexity index is 1390. The number of rotatable bonds is 8. The molecule has 0 amide bonds. The van der Waals surface area contributed by atoms with Crippen LogP contribution >= 0.6 is 0 Å². The summed E-state index contributed by atoms with van der Waals surface area (Å²) < 4.78 is 13.0. The maximum atomic E-state index is 5.63. The standard InChI is InChI=1S/C29H40N6O2/c1-17(2)24-25-18(3)26(19-8-10-21(11-9-19)31-15-29(4,5)37-7)30-13-22(25)34-27(24)20-12-23(36-6)28-32-16-33-35(28)14-20/h12-14,16-17,19,21,31,34H,8-11,15H2,1-7H3. The van der Waals surface area contributed by atoms with Crippen molar-refractivity contribution in [3.63, 3.8) is 0 Å². The molecule has 0 saturated heterocycles. The molecule has 8 nitrogen and oxygen atoms in total. The molecule has 1 fully saturated rings. The lowest BCUT2D eigenvalue weighted by Gasteiger charge is -2.32. The van der Waals surface area contributed by atoms with Crippen LogP contribution in [0.15, 0.2) is 24.8 Å². The number of aromatic amines is 1. The first-order chi connectivity index (χ1) is 17.7. The lowest BCUT2D eigenvalue weighted by Crippen LogP contribution is -2.43. The monoisotopic (exact) mass is 504 g/mol. The van der Waals surface area contributed by atoms with Crippen LogP contribution in [-0.2, 0) is 4.74 Å². The van der Waals surface area contributed by atoms with Crippen LogP contribution in [0.1, 0.15) is 82.0 Å². The van der Waals surface area contributed by atoms with E-state index in [1.807, 2.05) is 18.5 Å². The van der Waals surface area contributed by atoms with Crippen molar-refractivity contribution in [2.24, 2.45) is 0 Å². The number of methoxy groups -OCH3 is 2. The molecule has 37 heavy (non-hydrogen) atoms. The molecule has 0 unspecified atom stereocenters. The number of hydrogen-bond acceptors (Lipinski definition) is 6. The average molecular weight is 505 g/mol. The van der Waals surface area contributed by atoms with E-state index in [0.717, 1.165) is 49.0 Å². The van der Waals surface area contributed by atoms with Gasteiger partial charge in [-0.3, -0.25) is 4.98 Å². The molecule has 0 bridgehead atoms. The normalized spacial score (nSPS) is 18.8. The molecule has 2 N–H and O–H groups in total. The molecule has 0 radical (unpaired) electrons. The fourth-order valence-electron chi connectivity index (χ4n) is 5.83. The zero-order valence-corrected chi connectivity index (χ0v) is 23.2. The number of nitrogens with one attached hydrogen (secondary N) is 2. The van der Waals surface area contributed by atoms with Gasteiger partial charge in [-0.1, -0.05) is 13.8 Å². The smallest absolute Gasteiger partial charge is 0.197 e. The molecule has 1 aliphatic carbocycles. The van der Waals surface area contributed by atoms with Crippen molar-refractivity contribution in [3.8, 4) is 17.0 Å². The number of ether oxygens (including phenoxy) is 2. The second-order valence-electron chi connectivity index (χ2n) is 11.3. The van der Waals surface area contributed by atoms with Gasteiger partial charge in [0.2, 0.25) is 0 Å². The molecule has 4 heterocycles. The second-order valence-corrected chi connectivity index (χ2v) is 11.3. The lowest BCUT2D eigenvalue weighted by molar-refractivity contribution is 0.0199. The van der Waals surface area contributed by atoms with E-state index < -0.39 is 0 Å². The molecular weight excluding hydrogens is 464 g/mol. The number of nitrogens with zero attached hydrogens (tertiary/aromatic N) is 4. The Morgan fingerprint density at radius 3 is 2.59 bits per heavy atom. The molecule has 4 aromatic rings. The van der Waals surface area contributed by atoms with E-state index in [1.54, 1.807) is 25.1 Å². The Hall–Kier alpha value is -2.97. The summed E-state index contributed by atoms with van der Waals surface area (Å²) in [5.74, 6) is 1.53. The van der Waals surface area contributed by atoms with Crippen molar-refractivity contribution >= 4 is 16.6 Å². The topological polar surface area (TPSA) is 89.4 Å². The summed E-state index contributed by atoms with van der Waals surface area (Å²) in [7, 11) is 3.45. The van der Waals surface area contributed by atoms with E-state index in [0.29, 0.717) is 29.3 Å². The van der Waals surface area contributed by atoms with Crippen molar-refractivity contribution < 1.29 is 9.47 Å². The molecule has 0 atom stereocenters. The van der Waals surface area contributed by atoms with Gasteiger partial charge < -0.3 is 19.8 Å². The molecule has 4 aromatic heterocycles. The fraction of sp³-hybridized carbons (Fsp3) is 0.552. The van der Waals surface area contributed by atoms with Crippen LogP contribution in [0.2, 0.25) is 0 Å². The van der Waals surface area contributed by atoms with Crippen LogP contribution in [0.3, 0.4) is 0 Å². The van der Waals surface area contributed by atoms with Gasteiger partial charge in [-0.05, 0) is 69.6 Å². The van der Waals surface area contributed by atoms with E-state index in [-0.39, 0.29) is 5.60 Å². The second kappa shape index (κ2) is 10.1. The first-order valence-corrected chi connectivity index (χ1v) is 13.4. The number of H-pyrrole nitrogens is 1. The molecule has 0 spiro atoms. The van der Waals surface area contributed by atoms with E-state index in [4.69, 9.17) is 14.5 Å². The molecular formula is C29H40N6O2. The number of aromatic nitrogens is 5. The minimum absolute atomic E-state index is 0.137. The minimum Gasteiger partial charge on any atom is -0.493 e. The van der Waals surface area contributed by atoms with E-state index in [9.17, 15) is 0 Å². The van der Waals surface area contributed by atoms with Gasteiger partial charge in [-0.2, -0.15) is 5.10 Å². The first-order valence-electron chi connectivity index (χ1n) is 13.4. The molecule has 1 saturated carbocycles. The third kappa shape index (κ3) is 4.84. The number of pyridine rings is 2. The fourth-order valence-corrected chi connectivity index (χ4v) is 5.83. The van der Waals surface area contributed by atoms with Crippen molar-refractivity contribution in [1.82, 2.24) is 29.9 Å². The van der Waals surface area contributed by atoms with Gasteiger partial charge in [0.25, 0.3) is 0 Å². The van der Waals surface area contributed by atoms with Crippen molar-refractivity contribution in [3.05, 3.63) is 41.6 Å². The Labute approximate surface area is 219 Å². The van der Waals surface area contributed by atoms with Crippen LogP contribution < -0.4 is 10.1 Å². The largest absolute Gasteiger partial charge is 0.493 e. The number of hydrogen-bond donors (Lipinski definition) is 2. The third-order valence-corrected chi connectivity index (χ3v) is 8.07. The first kappa shape index (κ1) is 25.7. The highest BCUT2D eigenvalue weighted by Gasteiger charge is 2.28. The molecule has 8 heteroatoms. The lowest BCUT2D eigenvalue weighted by atomic mass is 9.81. The highest BCUT2D eigenvalue weighted by molar-refractivity contribution is 5.94. The highest BCUT2D eigenvalue weighted by atomic mass is 16.5. The molecule has 198 valence electrons. The van der Waals surface area contributed by atoms with Gasteiger partial charge in [0.05, 0.1) is 30.1 Å². The zero-order chi connectivity index (χ0) is 26.3. The van der Waals surface area contributed by atoms with Gasteiger partial charge in [-0.15, -0.1) is 0 Å². The van der Waals surface area contributed by atoms with Gasteiger partial charge in [0.1, 0.15) is 6.33 Å². The van der Waals surface area contributed by atoms with Crippen LogP contribution in [0.25, 0.3) is 27.8 Å². The summed E-state index contributed by atoms with van der Waals surface area (Å²) >= 11 is 0. The predicted octanol–water partition coefficient (Wildman–Crippen LogP) is 5.75. The zero-order valence-electron chi connectivity index (χ0n) is 23.2. The summed E-state index contributed by atoms with van der Waals surface area (Å²) in [6.45, 7) is 11.9. The molecule has 0 aliphatic heterocycles. The van der Waals surface area contributed by atoms with Crippen LogP contribution in [-0.4, -0.2) is 57.0 Å². The molecule has 1 aliphatic rings. The third-order valence-electron chi connectivity index (χ3n) is 8.07. The maximum absolute atomic E-state index is 5.63. The van der Waals surface area contributed by atoms with Crippen molar-refractivity contribution in [1.29, 1.82) is 0 Å². The predicted molar refractivity (Wildman–Crippen MR) is 148 cm³/mol. The summed E-state index contributed by atoms with van der Waals surface area (Å²) in [6.07, 6.45) is 10.2. The van der Waals surface area contributed by atoms with E-state index >= 15 is 0 Å². The Morgan fingerprint density at radius 2 is 1.92 bits per heavy atom. The van der Waals surface area contributed by atoms with Crippen LogP contribution in [0.4, 0.5) is 0 Å². The van der Waals surface area contributed by atoms with Crippen molar-refractivity contribution in [2.75, 3.05) is 20.8 Å². The van der Waals surface area contributed by atoms with Crippen LogP contribution in [0.5, 0.6) is 5.75 Å². The van der Waals surface area contributed by atoms with Gasteiger partial charge >= 0.3 is 0 Å². The average Bonchev–Trinajstić information content (AvgIpc) is 3.53. The summed E-state index contributed by atoms with van der Waals surface area (Å²) in [4.78, 5) is 13.0. The van der Waals surface area contributed by atoms with Crippen molar-refractivity contribution in [2.45, 2.75) is 83.8 Å². The Morgan fingerprint density at radius 1 is 1.16 bits per heavy atom.